The summed E-state index contributed by atoms with van der Waals surface area (Å²) in [7, 11) is 0. The van der Waals surface area contributed by atoms with E-state index < -0.39 is 0 Å². The van der Waals surface area contributed by atoms with Crippen molar-refractivity contribution in [1.82, 2.24) is 5.32 Å². The zero-order valence-corrected chi connectivity index (χ0v) is 12.9. The van der Waals surface area contributed by atoms with E-state index in [4.69, 9.17) is 4.74 Å². The average molecular weight is 278 g/mol. The third kappa shape index (κ3) is 6.45. The lowest BCUT2D eigenvalue weighted by Gasteiger charge is -2.14. The van der Waals surface area contributed by atoms with Crippen LogP contribution in [0, 0.1) is 0 Å². The van der Waals surface area contributed by atoms with E-state index >= 15 is 0 Å². The Morgan fingerprint density at radius 2 is 1.85 bits per heavy atom. The van der Waals surface area contributed by atoms with Crippen molar-refractivity contribution >= 4 is 11.6 Å². The van der Waals surface area contributed by atoms with E-state index in [1.54, 1.807) is 0 Å². The van der Waals surface area contributed by atoms with Gasteiger partial charge >= 0.3 is 0 Å². The molecule has 0 aliphatic heterocycles. The summed E-state index contributed by atoms with van der Waals surface area (Å²) >= 11 is 0. The van der Waals surface area contributed by atoms with Gasteiger partial charge in [-0.15, -0.1) is 0 Å². The van der Waals surface area contributed by atoms with Gasteiger partial charge in [-0.1, -0.05) is 13.3 Å². The van der Waals surface area contributed by atoms with E-state index in [0.717, 1.165) is 24.3 Å². The van der Waals surface area contributed by atoms with Crippen LogP contribution in [-0.4, -0.2) is 24.6 Å². The first-order valence-electron chi connectivity index (χ1n) is 7.31. The molecule has 4 heteroatoms. The van der Waals surface area contributed by atoms with Crippen molar-refractivity contribution in [3.8, 4) is 5.75 Å². The van der Waals surface area contributed by atoms with Crippen LogP contribution in [0.1, 0.15) is 40.5 Å². The molecular formula is C16H26N2O2. The molecule has 1 aromatic rings. The van der Waals surface area contributed by atoms with Crippen LogP contribution in [0.25, 0.3) is 0 Å². The van der Waals surface area contributed by atoms with Gasteiger partial charge in [0.25, 0.3) is 0 Å². The summed E-state index contributed by atoms with van der Waals surface area (Å²) in [6.07, 6.45) is 2.25. The quantitative estimate of drug-likeness (QED) is 0.768. The zero-order chi connectivity index (χ0) is 15.0. The standard InChI is InChI=1S/C16H26N2O2/c1-5-6-13(4)18-16(19)11-17-14-7-9-15(10-8-14)20-12(2)3/h7-10,12-13,17H,5-6,11H2,1-4H3,(H,18,19). The van der Waals surface area contributed by atoms with Gasteiger partial charge in [0.05, 0.1) is 12.6 Å². The summed E-state index contributed by atoms with van der Waals surface area (Å²) in [4.78, 5) is 11.7. The van der Waals surface area contributed by atoms with Crippen molar-refractivity contribution in [3.63, 3.8) is 0 Å². The second-order valence-corrected chi connectivity index (χ2v) is 5.30. The van der Waals surface area contributed by atoms with E-state index in [1.807, 2.05) is 45.0 Å². The molecule has 20 heavy (non-hydrogen) atoms. The molecular weight excluding hydrogens is 252 g/mol. The molecule has 0 bridgehead atoms. The summed E-state index contributed by atoms with van der Waals surface area (Å²) in [6.45, 7) is 8.42. The maximum atomic E-state index is 11.7. The lowest BCUT2D eigenvalue weighted by molar-refractivity contribution is -0.120. The minimum Gasteiger partial charge on any atom is -0.491 e. The molecule has 4 nitrogen and oxygen atoms in total. The molecule has 0 aromatic heterocycles. The maximum Gasteiger partial charge on any atom is 0.239 e. The van der Waals surface area contributed by atoms with Crippen molar-refractivity contribution < 1.29 is 9.53 Å². The molecule has 1 aromatic carbocycles. The van der Waals surface area contributed by atoms with Crippen LogP contribution in [0.5, 0.6) is 5.75 Å². The largest absolute Gasteiger partial charge is 0.491 e. The van der Waals surface area contributed by atoms with Crippen molar-refractivity contribution in [2.24, 2.45) is 0 Å². The summed E-state index contributed by atoms with van der Waals surface area (Å²) in [5.74, 6) is 0.861. The number of ether oxygens (including phenoxy) is 1. The second-order valence-electron chi connectivity index (χ2n) is 5.30. The van der Waals surface area contributed by atoms with E-state index in [2.05, 4.69) is 17.6 Å². The SMILES string of the molecule is CCCC(C)NC(=O)CNc1ccc(OC(C)C)cc1. The Balaban J connectivity index is 2.36. The van der Waals surface area contributed by atoms with Crippen LogP contribution >= 0.6 is 0 Å². The number of hydrogen-bond donors (Lipinski definition) is 2. The number of carbonyl (C=O) groups excluding carboxylic acids is 1. The Kier molecular flexibility index (Phi) is 6.91. The molecule has 0 saturated carbocycles. The number of carbonyl (C=O) groups is 1. The Bertz CT molecular complexity index is 401. The van der Waals surface area contributed by atoms with Gasteiger partial charge in [-0.3, -0.25) is 4.79 Å². The molecule has 0 radical (unpaired) electrons. The molecule has 0 fully saturated rings. The number of nitrogens with one attached hydrogen (secondary N) is 2. The number of benzene rings is 1. The molecule has 1 atom stereocenters. The molecule has 0 spiro atoms. The van der Waals surface area contributed by atoms with Crippen LogP contribution in [0.4, 0.5) is 5.69 Å². The first-order valence-corrected chi connectivity index (χ1v) is 7.31. The Morgan fingerprint density at radius 3 is 2.40 bits per heavy atom. The molecule has 0 aliphatic rings. The topological polar surface area (TPSA) is 50.4 Å². The number of anilines is 1. The van der Waals surface area contributed by atoms with Crippen LogP contribution < -0.4 is 15.4 Å². The zero-order valence-electron chi connectivity index (χ0n) is 12.9. The Hall–Kier alpha value is -1.71. The lowest BCUT2D eigenvalue weighted by atomic mass is 10.2. The van der Waals surface area contributed by atoms with Crippen LogP contribution in [-0.2, 0) is 4.79 Å². The number of amides is 1. The van der Waals surface area contributed by atoms with Gasteiger partial charge < -0.3 is 15.4 Å². The van der Waals surface area contributed by atoms with E-state index in [1.165, 1.54) is 0 Å². The second kappa shape index (κ2) is 8.46. The molecule has 1 unspecified atom stereocenters. The molecule has 2 N–H and O–H groups in total. The van der Waals surface area contributed by atoms with Gasteiger partial charge in [0.15, 0.2) is 0 Å². The van der Waals surface area contributed by atoms with E-state index in [0.29, 0.717) is 6.54 Å². The normalized spacial score (nSPS) is 12.1. The summed E-state index contributed by atoms with van der Waals surface area (Å²) in [5, 5.41) is 6.07. The van der Waals surface area contributed by atoms with Crippen LogP contribution in [0.15, 0.2) is 24.3 Å². The minimum atomic E-state index is 0.0217. The van der Waals surface area contributed by atoms with Crippen LogP contribution in [0.3, 0.4) is 0 Å². The third-order valence-corrected chi connectivity index (χ3v) is 2.81. The molecule has 1 amide bonds. The first kappa shape index (κ1) is 16.3. The third-order valence-electron chi connectivity index (χ3n) is 2.81. The van der Waals surface area contributed by atoms with E-state index in [9.17, 15) is 4.79 Å². The molecule has 0 aliphatic carbocycles. The highest BCUT2D eigenvalue weighted by Crippen LogP contribution is 2.16. The fourth-order valence-corrected chi connectivity index (χ4v) is 1.94. The van der Waals surface area contributed by atoms with Crippen molar-refractivity contribution in [1.29, 1.82) is 0 Å². The molecule has 0 saturated heterocycles. The Morgan fingerprint density at radius 1 is 1.20 bits per heavy atom. The van der Waals surface area contributed by atoms with Gasteiger partial charge in [0.2, 0.25) is 5.91 Å². The fourth-order valence-electron chi connectivity index (χ4n) is 1.94. The van der Waals surface area contributed by atoms with Crippen molar-refractivity contribution in [3.05, 3.63) is 24.3 Å². The fraction of sp³-hybridized carbons (Fsp3) is 0.562. The highest BCUT2D eigenvalue weighted by molar-refractivity contribution is 5.80. The predicted octanol–water partition coefficient (Wildman–Crippen LogP) is 3.19. The van der Waals surface area contributed by atoms with Crippen molar-refractivity contribution in [2.45, 2.75) is 52.7 Å². The highest BCUT2D eigenvalue weighted by atomic mass is 16.5. The minimum absolute atomic E-state index is 0.0217. The number of rotatable bonds is 8. The molecule has 0 heterocycles. The first-order chi connectivity index (χ1) is 9.51. The summed E-state index contributed by atoms with van der Waals surface area (Å²) in [6, 6.07) is 7.87. The van der Waals surface area contributed by atoms with E-state index in [-0.39, 0.29) is 18.1 Å². The lowest BCUT2D eigenvalue weighted by Crippen LogP contribution is -2.36. The van der Waals surface area contributed by atoms with Gasteiger partial charge in [0, 0.05) is 11.7 Å². The monoisotopic (exact) mass is 278 g/mol. The molecule has 112 valence electrons. The van der Waals surface area contributed by atoms with Crippen LogP contribution in [0.2, 0.25) is 0 Å². The maximum absolute atomic E-state index is 11.7. The van der Waals surface area contributed by atoms with Gasteiger partial charge in [-0.2, -0.15) is 0 Å². The summed E-state index contributed by atoms with van der Waals surface area (Å²) in [5.41, 5.74) is 0.916. The Labute approximate surface area is 121 Å². The van der Waals surface area contributed by atoms with Gasteiger partial charge in [0.1, 0.15) is 5.75 Å². The highest BCUT2D eigenvalue weighted by Gasteiger charge is 2.06. The van der Waals surface area contributed by atoms with Gasteiger partial charge in [-0.05, 0) is 51.5 Å². The molecule has 1 rings (SSSR count). The predicted molar refractivity (Wildman–Crippen MR) is 83.2 cm³/mol. The number of hydrogen-bond acceptors (Lipinski definition) is 3. The smallest absolute Gasteiger partial charge is 0.239 e. The average Bonchev–Trinajstić information content (AvgIpc) is 2.37. The van der Waals surface area contributed by atoms with Crippen molar-refractivity contribution in [2.75, 3.05) is 11.9 Å². The summed E-state index contributed by atoms with van der Waals surface area (Å²) < 4.78 is 5.57. The van der Waals surface area contributed by atoms with Gasteiger partial charge in [-0.25, -0.2) is 0 Å².